The van der Waals surface area contributed by atoms with Crippen molar-refractivity contribution < 1.29 is 14.0 Å². The second-order valence-corrected chi connectivity index (χ2v) is 12.9. The number of hydrogen-bond acceptors (Lipinski definition) is 7. The normalized spacial score (nSPS) is 19.2. The maximum atomic E-state index is 12.1. The van der Waals surface area contributed by atoms with E-state index in [1.54, 1.807) is 12.3 Å². The Morgan fingerprint density at radius 3 is 2.66 bits per heavy atom. The summed E-state index contributed by atoms with van der Waals surface area (Å²) in [5.74, 6) is 0.551. The molecule has 6 nitrogen and oxygen atoms in total. The average molecular weight is 550 g/mol. The molecule has 0 saturated carbocycles. The molecule has 2 aromatic carbocycles. The SMILES string of the molecule is CCOC(=O)c1csc(-c2ccc([C@H](c3cccc(O[Si]CC(C)(C)C)c3)N3C[C@H](C)NC[C@@H]3C)cc2)n1. The Kier molecular flexibility index (Phi) is 9.41. The Bertz CT molecular complexity index is 1210. The van der Waals surface area contributed by atoms with E-state index in [2.05, 4.69) is 98.4 Å². The van der Waals surface area contributed by atoms with Crippen molar-refractivity contribution in [3.63, 3.8) is 0 Å². The van der Waals surface area contributed by atoms with Crippen LogP contribution < -0.4 is 9.74 Å². The number of aromatic nitrogens is 1. The van der Waals surface area contributed by atoms with Gasteiger partial charge in [0.05, 0.1) is 12.6 Å². The molecule has 0 bridgehead atoms. The summed E-state index contributed by atoms with van der Waals surface area (Å²) in [6, 6.07) is 19.1. The molecule has 3 atom stereocenters. The molecule has 0 aliphatic carbocycles. The van der Waals surface area contributed by atoms with Crippen LogP contribution in [0.15, 0.2) is 53.9 Å². The summed E-state index contributed by atoms with van der Waals surface area (Å²) in [7, 11) is 0.434. The van der Waals surface area contributed by atoms with E-state index in [1.807, 2.05) is 0 Å². The topological polar surface area (TPSA) is 63.7 Å². The number of ether oxygens (including phenoxy) is 1. The first kappa shape index (κ1) is 28.5. The lowest BCUT2D eigenvalue weighted by Gasteiger charge is -2.43. The zero-order chi connectivity index (χ0) is 27.3. The third-order valence-electron chi connectivity index (χ3n) is 6.57. The van der Waals surface area contributed by atoms with Crippen LogP contribution in [-0.4, -0.2) is 57.4 Å². The molecule has 2 radical (unpaired) electrons. The highest BCUT2D eigenvalue weighted by molar-refractivity contribution is 7.13. The summed E-state index contributed by atoms with van der Waals surface area (Å²) in [6.07, 6.45) is 0. The molecule has 0 spiro atoms. The largest absolute Gasteiger partial charge is 0.541 e. The molecule has 1 aromatic heterocycles. The van der Waals surface area contributed by atoms with E-state index in [0.29, 0.717) is 34.1 Å². The van der Waals surface area contributed by atoms with Gasteiger partial charge in [-0.1, -0.05) is 57.2 Å². The number of nitrogens with zero attached hydrogens (tertiary/aromatic N) is 2. The second kappa shape index (κ2) is 12.6. The predicted molar refractivity (Wildman–Crippen MR) is 156 cm³/mol. The molecule has 0 unspecified atom stereocenters. The van der Waals surface area contributed by atoms with Crippen LogP contribution in [0.2, 0.25) is 6.04 Å². The first-order valence-corrected chi connectivity index (χ1v) is 15.4. The van der Waals surface area contributed by atoms with Gasteiger partial charge in [-0.3, -0.25) is 4.90 Å². The lowest BCUT2D eigenvalue weighted by molar-refractivity contribution is 0.0520. The van der Waals surface area contributed by atoms with Crippen LogP contribution in [0, 0.1) is 5.41 Å². The van der Waals surface area contributed by atoms with E-state index >= 15 is 0 Å². The fourth-order valence-corrected chi connectivity index (χ4v) is 6.18. The lowest BCUT2D eigenvalue weighted by Crippen LogP contribution is -2.55. The van der Waals surface area contributed by atoms with Crippen LogP contribution in [-0.2, 0) is 4.74 Å². The minimum Gasteiger partial charge on any atom is -0.541 e. The molecule has 8 heteroatoms. The van der Waals surface area contributed by atoms with Gasteiger partial charge in [0, 0.05) is 36.1 Å². The van der Waals surface area contributed by atoms with Gasteiger partial charge in [0.2, 0.25) is 0 Å². The number of carbonyl (C=O) groups excluding carboxylic acids is 1. The standard InChI is InChI=1S/C30H39N3O3SSi/c1-7-35-29(34)26-18-37-28(32-26)23-13-11-22(12-14-23)27(33-17-20(2)31-16-21(33)3)24-9-8-10-25(15-24)36-38-19-30(4,5)6/h8-15,18,20-21,27,31H,7,16-17,19H2,1-6H3/t20-,21-,27+/m0/s1. The van der Waals surface area contributed by atoms with Crippen molar-refractivity contribution in [2.75, 3.05) is 19.7 Å². The fourth-order valence-electron chi connectivity index (χ4n) is 4.58. The number of rotatable bonds is 9. The van der Waals surface area contributed by atoms with Crippen LogP contribution in [0.25, 0.3) is 10.6 Å². The van der Waals surface area contributed by atoms with Crippen LogP contribution in [0.1, 0.15) is 69.2 Å². The van der Waals surface area contributed by atoms with Crippen molar-refractivity contribution in [1.82, 2.24) is 15.2 Å². The van der Waals surface area contributed by atoms with Gasteiger partial charge in [-0.25, -0.2) is 9.78 Å². The van der Waals surface area contributed by atoms with E-state index < -0.39 is 0 Å². The molecular formula is C30H39N3O3SSi. The summed E-state index contributed by atoms with van der Waals surface area (Å²) >= 11 is 1.46. The second-order valence-electron chi connectivity index (χ2n) is 11.2. The van der Waals surface area contributed by atoms with Gasteiger partial charge >= 0.3 is 15.7 Å². The van der Waals surface area contributed by atoms with E-state index in [0.717, 1.165) is 35.5 Å². The Morgan fingerprint density at radius 2 is 1.95 bits per heavy atom. The molecule has 3 aromatic rings. The summed E-state index contributed by atoms with van der Waals surface area (Å²) in [4.78, 5) is 19.2. The maximum Gasteiger partial charge on any atom is 0.357 e. The van der Waals surface area contributed by atoms with Gasteiger partial charge in [0.25, 0.3) is 0 Å². The quantitative estimate of drug-likeness (QED) is 0.253. The van der Waals surface area contributed by atoms with Gasteiger partial charge in [-0.05, 0) is 55.5 Å². The minimum atomic E-state index is -0.376. The Balaban J connectivity index is 1.62. The van der Waals surface area contributed by atoms with E-state index in [-0.39, 0.29) is 17.4 Å². The maximum absolute atomic E-state index is 12.1. The number of carbonyl (C=O) groups is 1. The molecule has 1 fully saturated rings. The first-order chi connectivity index (χ1) is 18.1. The van der Waals surface area contributed by atoms with Crippen molar-refractivity contribution in [2.24, 2.45) is 5.41 Å². The van der Waals surface area contributed by atoms with Crippen LogP contribution in [0.5, 0.6) is 5.75 Å². The predicted octanol–water partition coefficient (Wildman–Crippen LogP) is 6.22. The van der Waals surface area contributed by atoms with E-state index in [1.165, 1.54) is 22.5 Å². The molecule has 202 valence electrons. The molecule has 1 aliphatic heterocycles. The summed E-state index contributed by atoms with van der Waals surface area (Å²) in [6.45, 7) is 15.3. The van der Waals surface area contributed by atoms with Crippen molar-refractivity contribution in [1.29, 1.82) is 0 Å². The smallest absolute Gasteiger partial charge is 0.357 e. The number of hydrogen-bond donors (Lipinski definition) is 1. The number of thiazole rings is 1. The number of nitrogens with one attached hydrogen (secondary N) is 1. The van der Waals surface area contributed by atoms with Gasteiger partial charge < -0.3 is 14.5 Å². The molecule has 0 amide bonds. The summed E-state index contributed by atoms with van der Waals surface area (Å²) in [5.41, 5.74) is 4.07. The molecular weight excluding hydrogens is 511 g/mol. The van der Waals surface area contributed by atoms with Gasteiger partial charge in [0.1, 0.15) is 10.8 Å². The van der Waals surface area contributed by atoms with Crippen molar-refractivity contribution in [2.45, 2.75) is 65.7 Å². The summed E-state index contributed by atoms with van der Waals surface area (Å²) in [5, 5.41) is 6.19. The lowest BCUT2D eigenvalue weighted by atomic mass is 9.93. The average Bonchev–Trinajstić information content (AvgIpc) is 3.37. The molecule has 4 rings (SSSR count). The number of piperazine rings is 1. The summed E-state index contributed by atoms with van der Waals surface area (Å²) < 4.78 is 11.3. The highest BCUT2D eigenvalue weighted by Crippen LogP contribution is 2.35. The molecule has 1 N–H and O–H groups in total. The first-order valence-electron chi connectivity index (χ1n) is 13.4. The molecule has 1 saturated heterocycles. The van der Waals surface area contributed by atoms with Crippen molar-refractivity contribution >= 4 is 27.1 Å². The van der Waals surface area contributed by atoms with Gasteiger partial charge in [0.15, 0.2) is 5.69 Å². The van der Waals surface area contributed by atoms with Crippen molar-refractivity contribution in [3.8, 4) is 16.3 Å². The number of benzene rings is 2. The molecule has 1 aliphatic rings. The van der Waals surface area contributed by atoms with Crippen molar-refractivity contribution in [3.05, 3.63) is 70.7 Å². The van der Waals surface area contributed by atoms with Crippen LogP contribution in [0.3, 0.4) is 0 Å². The van der Waals surface area contributed by atoms with E-state index in [4.69, 9.17) is 9.16 Å². The zero-order valence-corrected chi connectivity index (χ0v) is 25.1. The molecule has 2 heterocycles. The van der Waals surface area contributed by atoms with Crippen LogP contribution in [0.4, 0.5) is 0 Å². The molecule has 38 heavy (non-hydrogen) atoms. The highest BCUT2D eigenvalue weighted by Gasteiger charge is 2.31. The monoisotopic (exact) mass is 549 g/mol. The van der Waals surface area contributed by atoms with Gasteiger partial charge in [-0.2, -0.15) is 0 Å². The van der Waals surface area contributed by atoms with E-state index in [9.17, 15) is 4.79 Å². The fraction of sp³-hybridized carbons (Fsp3) is 0.467. The third-order valence-corrected chi connectivity index (χ3v) is 9.05. The number of esters is 1. The van der Waals surface area contributed by atoms with Crippen LogP contribution >= 0.6 is 11.3 Å². The Morgan fingerprint density at radius 1 is 1.18 bits per heavy atom. The minimum absolute atomic E-state index is 0.101. The van der Waals surface area contributed by atoms with Gasteiger partial charge in [-0.15, -0.1) is 11.3 Å². The Labute approximate surface area is 233 Å². The highest BCUT2D eigenvalue weighted by atomic mass is 32.1. The zero-order valence-electron chi connectivity index (χ0n) is 23.3. The Hall–Kier alpha value is -2.52. The third kappa shape index (κ3) is 7.31.